The number of hydrogen-bond acceptors (Lipinski definition) is 3. The third kappa shape index (κ3) is 2.81. The van der Waals surface area contributed by atoms with Crippen LogP contribution in [0.1, 0.15) is 16.6 Å². The molecule has 1 amide bonds. The average molecular weight is 390 g/mol. The molecular formula is C12H10Br2N2OS. The van der Waals surface area contributed by atoms with Gasteiger partial charge >= 0.3 is 0 Å². The Balaban J connectivity index is 2.32. The molecule has 0 bridgehead atoms. The lowest BCUT2D eigenvalue weighted by molar-refractivity contribution is 0.0991. The maximum absolute atomic E-state index is 12.4. The molecule has 2 aromatic rings. The van der Waals surface area contributed by atoms with Gasteiger partial charge in [0.15, 0.2) is 0 Å². The summed E-state index contributed by atoms with van der Waals surface area (Å²) in [4.78, 5) is 19.0. The first kappa shape index (κ1) is 13.7. The van der Waals surface area contributed by atoms with Crippen LogP contribution in [0.4, 0.5) is 5.82 Å². The zero-order valence-corrected chi connectivity index (χ0v) is 13.5. The predicted octanol–water partition coefficient (Wildman–Crippen LogP) is 4.33. The van der Waals surface area contributed by atoms with Gasteiger partial charge in [0.25, 0.3) is 5.91 Å². The maximum Gasteiger partial charge on any atom is 0.270 e. The van der Waals surface area contributed by atoms with E-state index >= 15 is 0 Å². The highest BCUT2D eigenvalue weighted by molar-refractivity contribution is 9.10. The second kappa shape index (κ2) is 5.95. The van der Waals surface area contributed by atoms with E-state index in [1.54, 1.807) is 11.1 Å². The fourth-order valence-electron chi connectivity index (χ4n) is 1.51. The Kier molecular flexibility index (Phi) is 4.53. The first-order valence-electron chi connectivity index (χ1n) is 5.30. The number of rotatable bonds is 3. The van der Waals surface area contributed by atoms with Crippen LogP contribution < -0.4 is 4.90 Å². The number of aromatic nitrogens is 1. The summed E-state index contributed by atoms with van der Waals surface area (Å²) in [6.45, 7) is 2.51. The number of halogens is 2. The molecule has 18 heavy (non-hydrogen) atoms. The molecule has 0 atom stereocenters. The largest absolute Gasteiger partial charge is 0.292 e. The SMILES string of the molecule is CCN(C(=O)c1sccc1Br)c1ccc(Br)cn1. The molecule has 6 heteroatoms. The van der Waals surface area contributed by atoms with Gasteiger partial charge in [-0.05, 0) is 62.4 Å². The number of pyridine rings is 1. The molecule has 0 aliphatic heterocycles. The molecule has 2 rings (SSSR count). The minimum atomic E-state index is -0.0332. The van der Waals surface area contributed by atoms with Gasteiger partial charge in [0.1, 0.15) is 10.7 Å². The number of carbonyl (C=O) groups excluding carboxylic acids is 1. The Hall–Kier alpha value is -0.720. The van der Waals surface area contributed by atoms with Crippen LogP contribution in [0, 0.1) is 0 Å². The molecule has 0 saturated heterocycles. The number of anilines is 1. The Morgan fingerprint density at radius 2 is 2.17 bits per heavy atom. The van der Waals surface area contributed by atoms with Crippen LogP contribution in [0.25, 0.3) is 0 Å². The molecule has 0 fully saturated rings. The quantitative estimate of drug-likeness (QED) is 0.782. The minimum Gasteiger partial charge on any atom is -0.292 e. The van der Waals surface area contributed by atoms with Gasteiger partial charge < -0.3 is 0 Å². The second-order valence-corrected chi connectivity index (χ2v) is 6.17. The van der Waals surface area contributed by atoms with Crippen LogP contribution in [0.2, 0.25) is 0 Å². The molecule has 3 nitrogen and oxygen atoms in total. The van der Waals surface area contributed by atoms with E-state index in [9.17, 15) is 4.79 Å². The monoisotopic (exact) mass is 388 g/mol. The van der Waals surface area contributed by atoms with Gasteiger partial charge in [0.2, 0.25) is 0 Å². The van der Waals surface area contributed by atoms with Crippen molar-refractivity contribution in [3.63, 3.8) is 0 Å². The fraction of sp³-hybridized carbons (Fsp3) is 0.167. The Bertz CT molecular complexity index is 553. The summed E-state index contributed by atoms with van der Waals surface area (Å²) in [5, 5.41) is 1.89. The van der Waals surface area contributed by atoms with E-state index in [1.165, 1.54) is 11.3 Å². The third-order valence-corrected chi connectivity index (χ3v) is 4.66. The maximum atomic E-state index is 12.4. The number of hydrogen-bond donors (Lipinski definition) is 0. The molecule has 0 aliphatic carbocycles. The Morgan fingerprint density at radius 3 is 2.67 bits per heavy atom. The topological polar surface area (TPSA) is 33.2 Å². The highest BCUT2D eigenvalue weighted by atomic mass is 79.9. The lowest BCUT2D eigenvalue weighted by atomic mass is 10.3. The van der Waals surface area contributed by atoms with Gasteiger partial charge in [-0.2, -0.15) is 0 Å². The Labute approximate surface area is 126 Å². The first-order chi connectivity index (χ1) is 8.63. The number of nitrogens with zero attached hydrogens (tertiary/aromatic N) is 2. The normalized spacial score (nSPS) is 10.4. The average Bonchev–Trinajstić information content (AvgIpc) is 2.78. The van der Waals surface area contributed by atoms with Crippen molar-refractivity contribution in [3.05, 3.63) is 43.6 Å². The van der Waals surface area contributed by atoms with Crippen LogP contribution in [-0.2, 0) is 0 Å². The molecule has 0 saturated carbocycles. The van der Waals surface area contributed by atoms with Gasteiger partial charge in [-0.25, -0.2) is 4.98 Å². The van der Waals surface area contributed by atoms with E-state index in [4.69, 9.17) is 0 Å². The highest BCUT2D eigenvalue weighted by Crippen LogP contribution is 2.26. The molecule has 0 aliphatic rings. The van der Waals surface area contributed by atoms with Crippen molar-refractivity contribution in [2.75, 3.05) is 11.4 Å². The van der Waals surface area contributed by atoms with Crippen molar-refractivity contribution in [2.45, 2.75) is 6.92 Å². The molecule has 0 aromatic carbocycles. The van der Waals surface area contributed by atoms with Crippen LogP contribution >= 0.6 is 43.2 Å². The van der Waals surface area contributed by atoms with Gasteiger partial charge in [-0.15, -0.1) is 11.3 Å². The van der Waals surface area contributed by atoms with E-state index in [0.29, 0.717) is 17.2 Å². The highest BCUT2D eigenvalue weighted by Gasteiger charge is 2.20. The first-order valence-corrected chi connectivity index (χ1v) is 7.76. The van der Waals surface area contributed by atoms with Crippen molar-refractivity contribution in [1.82, 2.24) is 4.98 Å². The molecule has 0 spiro atoms. The van der Waals surface area contributed by atoms with E-state index < -0.39 is 0 Å². The summed E-state index contributed by atoms with van der Waals surface area (Å²) >= 11 is 8.14. The zero-order chi connectivity index (χ0) is 13.1. The summed E-state index contributed by atoms with van der Waals surface area (Å²) in [5.74, 6) is 0.625. The lowest BCUT2D eigenvalue weighted by Crippen LogP contribution is -2.30. The zero-order valence-electron chi connectivity index (χ0n) is 9.56. The van der Waals surface area contributed by atoms with Crippen molar-refractivity contribution in [1.29, 1.82) is 0 Å². The summed E-state index contributed by atoms with van der Waals surface area (Å²) in [7, 11) is 0. The van der Waals surface area contributed by atoms with Crippen LogP contribution in [0.3, 0.4) is 0 Å². The molecule has 2 aromatic heterocycles. The summed E-state index contributed by atoms with van der Waals surface area (Å²) in [5.41, 5.74) is 0. The second-order valence-electron chi connectivity index (χ2n) is 3.48. The summed E-state index contributed by atoms with van der Waals surface area (Å²) in [6, 6.07) is 5.58. The number of carbonyl (C=O) groups is 1. The molecule has 2 heterocycles. The van der Waals surface area contributed by atoms with Crippen LogP contribution in [-0.4, -0.2) is 17.4 Å². The molecular weight excluding hydrogens is 380 g/mol. The van der Waals surface area contributed by atoms with E-state index in [1.807, 2.05) is 30.5 Å². The van der Waals surface area contributed by atoms with Gasteiger partial charge in [-0.3, -0.25) is 9.69 Å². The predicted molar refractivity (Wildman–Crippen MR) is 81.3 cm³/mol. The van der Waals surface area contributed by atoms with Gasteiger partial charge in [0, 0.05) is 21.7 Å². The molecule has 94 valence electrons. The standard InChI is InChI=1S/C12H10Br2N2OS/c1-2-16(10-4-3-8(13)7-15-10)12(17)11-9(14)5-6-18-11/h3-7H,2H2,1H3. The van der Waals surface area contributed by atoms with Crippen LogP contribution in [0.5, 0.6) is 0 Å². The van der Waals surface area contributed by atoms with Gasteiger partial charge in [0.05, 0.1) is 0 Å². The van der Waals surface area contributed by atoms with Crippen molar-refractivity contribution in [2.24, 2.45) is 0 Å². The van der Waals surface area contributed by atoms with Crippen LogP contribution in [0.15, 0.2) is 38.7 Å². The van der Waals surface area contributed by atoms with E-state index in [0.717, 1.165) is 8.95 Å². The number of amides is 1. The van der Waals surface area contributed by atoms with Crippen molar-refractivity contribution < 1.29 is 4.79 Å². The van der Waals surface area contributed by atoms with Crippen molar-refractivity contribution >= 4 is 54.9 Å². The minimum absolute atomic E-state index is 0.0332. The molecule has 0 radical (unpaired) electrons. The van der Waals surface area contributed by atoms with Gasteiger partial charge in [-0.1, -0.05) is 0 Å². The summed E-state index contributed by atoms with van der Waals surface area (Å²) < 4.78 is 1.72. The number of thiophene rings is 1. The summed E-state index contributed by atoms with van der Waals surface area (Å²) in [6.07, 6.45) is 1.69. The van der Waals surface area contributed by atoms with E-state index in [2.05, 4.69) is 36.8 Å². The van der Waals surface area contributed by atoms with E-state index in [-0.39, 0.29) is 5.91 Å². The Morgan fingerprint density at radius 1 is 1.39 bits per heavy atom. The fourth-order valence-corrected chi connectivity index (χ4v) is 3.23. The lowest BCUT2D eigenvalue weighted by Gasteiger charge is -2.19. The smallest absolute Gasteiger partial charge is 0.270 e. The van der Waals surface area contributed by atoms with Crippen molar-refractivity contribution in [3.8, 4) is 0 Å². The molecule has 0 N–H and O–H groups in total. The third-order valence-electron chi connectivity index (χ3n) is 2.36. The molecule has 0 unspecified atom stereocenters.